The summed E-state index contributed by atoms with van der Waals surface area (Å²) in [4.78, 5) is 12.6. The van der Waals surface area contributed by atoms with Gasteiger partial charge in [0, 0.05) is 12.1 Å². The zero-order valence-electron chi connectivity index (χ0n) is 7.75. The quantitative estimate of drug-likeness (QED) is 0.587. The molecule has 2 rings (SSSR count). The summed E-state index contributed by atoms with van der Waals surface area (Å²) in [7, 11) is 0. The lowest BCUT2D eigenvalue weighted by atomic mass is 9.86. The minimum atomic E-state index is -0.737. The highest BCUT2D eigenvalue weighted by Crippen LogP contribution is 2.36. The number of nitrogens with one attached hydrogen (secondary N) is 1. The molecule has 2 saturated heterocycles. The second-order valence-corrected chi connectivity index (χ2v) is 4.01. The summed E-state index contributed by atoms with van der Waals surface area (Å²) < 4.78 is 0. The van der Waals surface area contributed by atoms with E-state index in [2.05, 4.69) is 5.32 Å². The Morgan fingerprint density at radius 2 is 2.00 bits per heavy atom. The molecule has 0 saturated carbocycles. The van der Waals surface area contributed by atoms with Crippen LogP contribution in [0.15, 0.2) is 0 Å². The van der Waals surface area contributed by atoms with Gasteiger partial charge < -0.3 is 15.3 Å². The van der Waals surface area contributed by atoms with E-state index in [4.69, 9.17) is 5.11 Å². The van der Waals surface area contributed by atoms with E-state index in [1.165, 1.54) is 0 Å². The lowest BCUT2D eigenvalue weighted by Crippen LogP contribution is -2.52. The second kappa shape index (κ2) is 3.18. The second-order valence-electron chi connectivity index (χ2n) is 4.01. The molecule has 4 heteroatoms. The Bertz CT molecular complexity index is 212. The SMILES string of the molecule is O=C(O)N1CCCC12CCNCC2. The van der Waals surface area contributed by atoms with Crippen molar-refractivity contribution in [2.75, 3.05) is 19.6 Å². The molecular weight excluding hydrogens is 168 g/mol. The number of nitrogens with zero attached hydrogens (tertiary/aromatic N) is 1. The largest absolute Gasteiger partial charge is 0.465 e. The number of likely N-dealkylation sites (tertiary alicyclic amines) is 1. The van der Waals surface area contributed by atoms with Gasteiger partial charge >= 0.3 is 6.09 Å². The molecule has 13 heavy (non-hydrogen) atoms. The van der Waals surface area contributed by atoms with Crippen molar-refractivity contribution < 1.29 is 9.90 Å². The van der Waals surface area contributed by atoms with Crippen molar-refractivity contribution in [2.45, 2.75) is 31.2 Å². The standard InChI is InChI=1S/C9H16N2O2/c12-8(13)11-7-1-2-9(11)3-5-10-6-4-9/h10H,1-7H2,(H,12,13). The van der Waals surface area contributed by atoms with Crippen LogP contribution < -0.4 is 5.32 Å². The molecule has 74 valence electrons. The molecule has 0 unspecified atom stereocenters. The first kappa shape index (κ1) is 8.81. The number of carboxylic acid groups (broad SMARTS) is 1. The third-order valence-corrected chi connectivity index (χ3v) is 3.36. The molecule has 0 aromatic carbocycles. The monoisotopic (exact) mass is 184 g/mol. The van der Waals surface area contributed by atoms with Crippen LogP contribution in [0.1, 0.15) is 25.7 Å². The molecule has 0 radical (unpaired) electrons. The molecule has 2 fully saturated rings. The van der Waals surface area contributed by atoms with E-state index in [0.717, 1.165) is 45.3 Å². The maximum atomic E-state index is 11.0. The molecule has 2 aliphatic heterocycles. The van der Waals surface area contributed by atoms with Gasteiger partial charge in [-0.05, 0) is 38.8 Å². The van der Waals surface area contributed by atoms with Crippen LogP contribution in [0.4, 0.5) is 4.79 Å². The summed E-state index contributed by atoms with van der Waals surface area (Å²) >= 11 is 0. The normalized spacial score (nSPS) is 26.6. The van der Waals surface area contributed by atoms with Crippen LogP contribution in [0.3, 0.4) is 0 Å². The molecule has 0 aromatic rings. The van der Waals surface area contributed by atoms with E-state index < -0.39 is 6.09 Å². The predicted octanol–water partition coefficient (Wildman–Crippen LogP) is 0.882. The van der Waals surface area contributed by atoms with E-state index in [1.54, 1.807) is 4.90 Å². The fourth-order valence-electron chi connectivity index (χ4n) is 2.65. The van der Waals surface area contributed by atoms with E-state index in [1.807, 2.05) is 0 Å². The van der Waals surface area contributed by atoms with Crippen molar-refractivity contribution >= 4 is 6.09 Å². The molecule has 0 bridgehead atoms. The highest BCUT2D eigenvalue weighted by Gasteiger charge is 2.43. The fourth-order valence-corrected chi connectivity index (χ4v) is 2.65. The smallest absolute Gasteiger partial charge is 0.407 e. The average Bonchev–Trinajstić information content (AvgIpc) is 2.50. The number of carbonyl (C=O) groups is 1. The topological polar surface area (TPSA) is 52.6 Å². The van der Waals surface area contributed by atoms with E-state index >= 15 is 0 Å². The van der Waals surface area contributed by atoms with Gasteiger partial charge in [0.05, 0.1) is 0 Å². The van der Waals surface area contributed by atoms with Gasteiger partial charge in [-0.25, -0.2) is 4.79 Å². The lowest BCUT2D eigenvalue weighted by Gasteiger charge is -2.40. The van der Waals surface area contributed by atoms with Crippen LogP contribution in [0.5, 0.6) is 0 Å². The third-order valence-electron chi connectivity index (χ3n) is 3.36. The third kappa shape index (κ3) is 1.39. The van der Waals surface area contributed by atoms with Gasteiger partial charge in [-0.2, -0.15) is 0 Å². The molecular formula is C9H16N2O2. The summed E-state index contributed by atoms with van der Waals surface area (Å²) in [5.74, 6) is 0. The molecule has 4 nitrogen and oxygen atoms in total. The Labute approximate surface area is 77.9 Å². The number of rotatable bonds is 0. The average molecular weight is 184 g/mol. The summed E-state index contributed by atoms with van der Waals surface area (Å²) in [6, 6.07) is 0. The Hall–Kier alpha value is -0.770. The van der Waals surface area contributed by atoms with Gasteiger partial charge in [0.1, 0.15) is 0 Å². The zero-order chi connectivity index (χ0) is 9.31. The molecule has 1 amide bonds. The van der Waals surface area contributed by atoms with Gasteiger partial charge in [-0.3, -0.25) is 0 Å². The minimum Gasteiger partial charge on any atom is -0.465 e. The minimum absolute atomic E-state index is 0.0168. The van der Waals surface area contributed by atoms with Crippen molar-refractivity contribution in [3.63, 3.8) is 0 Å². The van der Waals surface area contributed by atoms with E-state index in [9.17, 15) is 4.79 Å². The zero-order valence-corrected chi connectivity index (χ0v) is 7.75. The van der Waals surface area contributed by atoms with Crippen molar-refractivity contribution in [3.8, 4) is 0 Å². The summed E-state index contributed by atoms with van der Waals surface area (Å²) in [5, 5.41) is 12.3. The first-order valence-corrected chi connectivity index (χ1v) is 4.96. The predicted molar refractivity (Wildman–Crippen MR) is 48.8 cm³/mol. The Morgan fingerprint density at radius 3 is 2.62 bits per heavy atom. The molecule has 2 heterocycles. The molecule has 0 aliphatic carbocycles. The van der Waals surface area contributed by atoms with Crippen LogP contribution in [0.2, 0.25) is 0 Å². The van der Waals surface area contributed by atoms with Crippen LogP contribution in [0, 0.1) is 0 Å². The van der Waals surface area contributed by atoms with E-state index in [-0.39, 0.29) is 5.54 Å². The van der Waals surface area contributed by atoms with Gasteiger partial charge in [0.15, 0.2) is 0 Å². The van der Waals surface area contributed by atoms with Gasteiger partial charge in [0.25, 0.3) is 0 Å². The number of hydrogen-bond donors (Lipinski definition) is 2. The molecule has 1 spiro atoms. The lowest BCUT2D eigenvalue weighted by molar-refractivity contribution is 0.0833. The Kier molecular flexibility index (Phi) is 2.15. The number of piperidine rings is 1. The van der Waals surface area contributed by atoms with Crippen molar-refractivity contribution in [1.29, 1.82) is 0 Å². The van der Waals surface area contributed by atoms with Crippen molar-refractivity contribution in [3.05, 3.63) is 0 Å². The van der Waals surface area contributed by atoms with Gasteiger partial charge in [-0.15, -0.1) is 0 Å². The molecule has 2 aliphatic rings. The van der Waals surface area contributed by atoms with Crippen LogP contribution in [-0.2, 0) is 0 Å². The van der Waals surface area contributed by atoms with Crippen molar-refractivity contribution in [2.24, 2.45) is 0 Å². The summed E-state index contributed by atoms with van der Waals surface area (Å²) in [6.07, 6.45) is 3.32. The maximum Gasteiger partial charge on any atom is 0.407 e. The van der Waals surface area contributed by atoms with Gasteiger partial charge in [-0.1, -0.05) is 0 Å². The summed E-state index contributed by atoms with van der Waals surface area (Å²) in [5.41, 5.74) is -0.0168. The molecule has 0 atom stereocenters. The summed E-state index contributed by atoms with van der Waals surface area (Å²) in [6.45, 7) is 2.66. The van der Waals surface area contributed by atoms with Crippen molar-refractivity contribution in [1.82, 2.24) is 10.2 Å². The molecule has 0 aromatic heterocycles. The van der Waals surface area contributed by atoms with E-state index in [0.29, 0.717) is 0 Å². The van der Waals surface area contributed by atoms with Crippen LogP contribution in [-0.4, -0.2) is 41.3 Å². The molecule has 2 N–H and O–H groups in total. The Balaban J connectivity index is 2.13. The number of hydrogen-bond acceptors (Lipinski definition) is 2. The van der Waals surface area contributed by atoms with Crippen LogP contribution in [0.25, 0.3) is 0 Å². The number of amides is 1. The maximum absolute atomic E-state index is 11.0. The van der Waals surface area contributed by atoms with Gasteiger partial charge in [0.2, 0.25) is 0 Å². The van der Waals surface area contributed by atoms with Crippen LogP contribution >= 0.6 is 0 Å². The highest BCUT2D eigenvalue weighted by molar-refractivity contribution is 5.66. The fraction of sp³-hybridized carbons (Fsp3) is 0.889. The Morgan fingerprint density at radius 1 is 1.31 bits per heavy atom. The highest BCUT2D eigenvalue weighted by atomic mass is 16.4. The first-order chi connectivity index (χ1) is 6.25. The first-order valence-electron chi connectivity index (χ1n) is 4.96.